The van der Waals surface area contributed by atoms with Crippen LogP contribution in [0.4, 0.5) is 0 Å². The number of hydrogen-bond acceptors (Lipinski definition) is 3. The van der Waals surface area contributed by atoms with Crippen molar-refractivity contribution >= 4 is 35.1 Å². The normalized spacial score (nSPS) is 20.7. The number of methoxy groups -OCH3 is 1. The molecular formula is C16H19Cl2NO4. The molecule has 0 saturated carbocycles. The lowest BCUT2D eigenvalue weighted by Gasteiger charge is -2.23. The number of carbonyl (C=O) groups is 2. The van der Waals surface area contributed by atoms with Gasteiger partial charge >= 0.3 is 5.97 Å². The Labute approximate surface area is 145 Å². The van der Waals surface area contributed by atoms with E-state index in [2.05, 4.69) is 0 Å². The van der Waals surface area contributed by atoms with E-state index >= 15 is 0 Å². The Bertz CT molecular complexity index is 608. The first kappa shape index (κ1) is 18.0. The van der Waals surface area contributed by atoms with E-state index in [4.69, 9.17) is 27.9 Å². The van der Waals surface area contributed by atoms with E-state index in [-0.39, 0.29) is 19.1 Å². The van der Waals surface area contributed by atoms with Crippen LogP contribution in [0.2, 0.25) is 10.0 Å². The van der Waals surface area contributed by atoms with Crippen LogP contribution < -0.4 is 0 Å². The predicted molar refractivity (Wildman–Crippen MR) is 87.9 cm³/mol. The molecule has 1 aliphatic rings. The van der Waals surface area contributed by atoms with Gasteiger partial charge in [-0.15, -0.1) is 0 Å². The predicted octanol–water partition coefficient (Wildman–Crippen LogP) is 2.88. The van der Waals surface area contributed by atoms with E-state index in [1.165, 1.54) is 7.11 Å². The standard InChI is InChI=1S/C16H19Cl2NO4/c1-23-10-16(15(21)22)6-7-19(9-16)14(20)5-3-11-2-4-12(17)13(18)8-11/h2,4,8H,3,5-7,9-10H2,1H3,(H,21,22). The number of carbonyl (C=O) groups excluding carboxylic acids is 1. The second-order valence-electron chi connectivity index (χ2n) is 5.83. The quantitative estimate of drug-likeness (QED) is 0.847. The van der Waals surface area contributed by atoms with Crippen LogP contribution >= 0.6 is 23.2 Å². The number of benzene rings is 1. The van der Waals surface area contributed by atoms with E-state index in [0.717, 1.165) is 5.56 Å². The summed E-state index contributed by atoms with van der Waals surface area (Å²) in [5.74, 6) is -0.977. The average molecular weight is 360 g/mol. The highest BCUT2D eigenvalue weighted by molar-refractivity contribution is 6.42. The number of ether oxygens (including phenoxy) is 1. The first-order chi connectivity index (χ1) is 10.9. The molecule has 0 radical (unpaired) electrons. The van der Waals surface area contributed by atoms with Crippen molar-refractivity contribution in [1.29, 1.82) is 0 Å². The van der Waals surface area contributed by atoms with Gasteiger partial charge in [-0.05, 0) is 30.5 Å². The summed E-state index contributed by atoms with van der Waals surface area (Å²) in [6.45, 7) is 0.741. The molecule has 0 spiro atoms. The number of aryl methyl sites for hydroxylation is 1. The van der Waals surface area contributed by atoms with Gasteiger partial charge in [-0.3, -0.25) is 9.59 Å². The number of amides is 1. The zero-order valence-electron chi connectivity index (χ0n) is 12.8. The van der Waals surface area contributed by atoms with Crippen molar-refractivity contribution in [3.05, 3.63) is 33.8 Å². The number of likely N-dealkylation sites (tertiary alicyclic amines) is 1. The molecule has 2 rings (SSSR count). The number of halogens is 2. The number of carboxylic acid groups (broad SMARTS) is 1. The molecule has 1 fully saturated rings. The van der Waals surface area contributed by atoms with Gasteiger partial charge < -0.3 is 14.7 Å². The summed E-state index contributed by atoms with van der Waals surface area (Å²) in [4.78, 5) is 25.4. The Kier molecular flexibility index (Phi) is 5.89. The number of rotatable bonds is 6. The highest BCUT2D eigenvalue weighted by Gasteiger charge is 2.46. The van der Waals surface area contributed by atoms with Gasteiger partial charge in [-0.25, -0.2) is 0 Å². The van der Waals surface area contributed by atoms with Gasteiger partial charge in [0.25, 0.3) is 0 Å². The monoisotopic (exact) mass is 359 g/mol. The van der Waals surface area contributed by atoms with Crippen LogP contribution in [0, 0.1) is 5.41 Å². The van der Waals surface area contributed by atoms with E-state index in [9.17, 15) is 14.7 Å². The van der Waals surface area contributed by atoms with Crippen LogP contribution in [-0.4, -0.2) is 48.7 Å². The molecule has 1 N–H and O–H groups in total. The van der Waals surface area contributed by atoms with E-state index < -0.39 is 11.4 Å². The van der Waals surface area contributed by atoms with E-state index in [1.807, 2.05) is 6.07 Å². The maximum atomic E-state index is 12.3. The lowest BCUT2D eigenvalue weighted by atomic mass is 9.88. The van der Waals surface area contributed by atoms with Crippen LogP contribution in [0.1, 0.15) is 18.4 Å². The summed E-state index contributed by atoms with van der Waals surface area (Å²) >= 11 is 11.8. The Balaban J connectivity index is 1.94. The molecule has 1 aromatic rings. The van der Waals surface area contributed by atoms with Crippen molar-refractivity contribution in [2.24, 2.45) is 5.41 Å². The molecule has 1 atom stereocenters. The van der Waals surface area contributed by atoms with Gasteiger partial charge in [0.15, 0.2) is 0 Å². The summed E-state index contributed by atoms with van der Waals surface area (Å²) in [5.41, 5.74) is -0.0677. The van der Waals surface area contributed by atoms with Gasteiger partial charge in [-0.2, -0.15) is 0 Å². The molecule has 1 aromatic carbocycles. The Morgan fingerprint density at radius 3 is 2.70 bits per heavy atom. The second-order valence-corrected chi connectivity index (χ2v) is 6.65. The third-order valence-electron chi connectivity index (χ3n) is 4.19. The van der Waals surface area contributed by atoms with Crippen LogP contribution in [0.3, 0.4) is 0 Å². The van der Waals surface area contributed by atoms with Gasteiger partial charge in [0.1, 0.15) is 5.41 Å². The highest BCUT2D eigenvalue weighted by atomic mass is 35.5. The fraction of sp³-hybridized carbons (Fsp3) is 0.500. The number of nitrogens with zero attached hydrogens (tertiary/aromatic N) is 1. The molecule has 1 aliphatic heterocycles. The third-order valence-corrected chi connectivity index (χ3v) is 4.93. The maximum absolute atomic E-state index is 12.3. The summed E-state index contributed by atoms with van der Waals surface area (Å²) in [6.07, 6.45) is 1.26. The molecule has 1 saturated heterocycles. The number of carboxylic acids is 1. The van der Waals surface area contributed by atoms with Crippen molar-refractivity contribution < 1.29 is 19.4 Å². The van der Waals surface area contributed by atoms with Crippen LogP contribution in [0.5, 0.6) is 0 Å². The average Bonchev–Trinajstić information content (AvgIpc) is 2.94. The fourth-order valence-corrected chi connectivity index (χ4v) is 3.14. The highest BCUT2D eigenvalue weighted by Crippen LogP contribution is 2.32. The summed E-state index contributed by atoms with van der Waals surface area (Å²) in [5, 5.41) is 10.4. The smallest absolute Gasteiger partial charge is 0.313 e. The minimum absolute atomic E-state index is 0.0599. The minimum atomic E-state index is -0.992. The number of hydrogen-bond donors (Lipinski definition) is 1. The molecule has 5 nitrogen and oxygen atoms in total. The molecule has 0 aliphatic carbocycles. The summed E-state index contributed by atoms with van der Waals surface area (Å²) < 4.78 is 5.03. The van der Waals surface area contributed by atoms with Gasteiger partial charge in [0, 0.05) is 26.6 Å². The van der Waals surface area contributed by atoms with Crippen molar-refractivity contribution in [3.8, 4) is 0 Å². The molecule has 23 heavy (non-hydrogen) atoms. The Morgan fingerprint density at radius 1 is 1.35 bits per heavy atom. The van der Waals surface area contributed by atoms with E-state index in [1.54, 1.807) is 17.0 Å². The second kappa shape index (κ2) is 7.51. The van der Waals surface area contributed by atoms with Gasteiger partial charge in [0.2, 0.25) is 5.91 Å². The lowest BCUT2D eigenvalue weighted by molar-refractivity contribution is -0.151. The van der Waals surface area contributed by atoms with Crippen LogP contribution in [0.25, 0.3) is 0 Å². The largest absolute Gasteiger partial charge is 0.481 e. The summed E-state index contributed by atoms with van der Waals surface area (Å²) in [7, 11) is 1.47. The van der Waals surface area contributed by atoms with Crippen molar-refractivity contribution in [3.63, 3.8) is 0 Å². The fourth-order valence-electron chi connectivity index (χ4n) is 2.82. The molecule has 126 valence electrons. The lowest BCUT2D eigenvalue weighted by Crippen LogP contribution is -2.40. The van der Waals surface area contributed by atoms with Crippen LogP contribution in [-0.2, 0) is 20.7 Å². The summed E-state index contributed by atoms with van der Waals surface area (Å²) in [6, 6.07) is 5.28. The maximum Gasteiger partial charge on any atom is 0.313 e. The van der Waals surface area contributed by atoms with Gasteiger partial charge in [-0.1, -0.05) is 29.3 Å². The molecule has 0 bridgehead atoms. The number of aliphatic carboxylic acids is 1. The SMILES string of the molecule is COCC1(C(=O)O)CCN(C(=O)CCc2ccc(Cl)c(Cl)c2)C1. The molecule has 1 amide bonds. The Hall–Kier alpha value is -1.30. The molecule has 1 unspecified atom stereocenters. The Morgan fingerprint density at radius 2 is 2.09 bits per heavy atom. The molecule has 7 heteroatoms. The van der Waals surface area contributed by atoms with E-state index in [0.29, 0.717) is 35.9 Å². The molecule has 0 aromatic heterocycles. The van der Waals surface area contributed by atoms with Crippen molar-refractivity contribution in [2.45, 2.75) is 19.3 Å². The van der Waals surface area contributed by atoms with Crippen LogP contribution in [0.15, 0.2) is 18.2 Å². The third kappa shape index (κ3) is 4.16. The topological polar surface area (TPSA) is 66.8 Å². The zero-order chi connectivity index (χ0) is 17.0. The molecular weight excluding hydrogens is 341 g/mol. The molecule has 1 heterocycles. The van der Waals surface area contributed by atoms with Gasteiger partial charge in [0.05, 0.1) is 16.7 Å². The van der Waals surface area contributed by atoms with Crippen molar-refractivity contribution in [1.82, 2.24) is 4.90 Å². The first-order valence-corrected chi connectivity index (χ1v) is 8.07. The zero-order valence-corrected chi connectivity index (χ0v) is 14.4. The van der Waals surface area contributed by atoms with Crippen molar-refractivity contribution in [2.75, 3.05) is 26.8 Å². The first-order valence-electron chi connectivity index (χ1n) is 7.32. The minimum Gasteiger partial charge on any atom is -0.481 e.